The maximum Gasteiger partial charge on any atom is 0.435 e. The average molecular weight is 404 g/mol. The SMILES string of the molecule is NCc1ccc(-c2cc(C(F)(F)F)nn2CCc2ccc(C(=O)NO)cc2)cc1. The van der Waals surface area contributed by atoms with Crippen molar-refractivity contribution in [2.75, 3.05) is 0 Å². The lowest BCUT2D eigenvalue weighted by molar-refractivity contribution is -0.141. The van der Waals surface area contributed by atoms with Gasteiger partial charge in [0.15, 0.2) is 5.69 Å². The van der Waals surface area contributed by atoms with Crippen molar-refractivity contribution in [1.29, 1.82) is 0 Å². The van der Waals surface area contributed by atoms with E-state index < -0.39 is 17.8 Å². The van der Waals surface area contributed by atoms with Gasteiger partial charge in [0.25, 0.3) is 5.91 Å². The molecule has 0 spiro atoms. The molecule has 0 radical (unpaired) electrons. The molecule has 152 valence electrons. The van der Waals surface area contributed by atoms with Crippen molar-refractivity contribution in [2.45, 2.75) is 25.7 Å². The van der Waals surface area contributed by atoms with Crippen LogP contribution in [0.5, 0.6) is 0 Å². The third-order valence-corrected chi connectivity index (χ3v) is 4.49. The van der Waals surface area contributed by atoms with Crippen LogP contribution in [0, 0.1) is 0 Å². The molecule has 1 amide bonds. The fourth-order valence-corrected chi connectivity index (χ4v) is 2.89. The van der Waals surface area contributed by atoms with Crippen molar-refractivity contribution in [3.63, 3.8) is 0 Å². The summed E-state index contributed by atoms with van der Waals surface area (Å²) in [6, 6.07) is 14.4. The highest BCUT2D eigenvalue weighted by molar-refractivity contribution is 5.93. The molecule has 2 aromatic carbocycles. The number of hydroxylamine groups is 1. The van der Waals surface area contributed by atoms with Crippen LogP contribution in [0.2, 0.25) is 0 Å². The highest BCUT2D eigenvalue weighted by Crippen LogP contribution is 2.32. The van der Waals surface area contributed by atoms with Gasteiger partial charge in [-0.05, 0) is 41.3 Å². The van der Waals surface area contributed by atoms with E-state index in [4.69, 9.17) is 10.9 Å². The van der Waals surface area contributed by atoms with Crippen LogP contribution in [-0.2, 0) is 25.7 Å². The van der Waals surface area contributed by atoms with Gasteiger partial charge in [-0.15, -0.1) is 0 Å². The van der Waals surface area contributed by atoms with Crippen LogP contribution in [0.3, 0.4) is 0 Å². The Morgan fingerprint density at radius 1 is 1.07 bits per heavy atom. The van der Waals surface area contributed by atoms with E-state index in [1.165, 1.54) is 16.8 Å². The Labute approximate surface area is 164 Å². The minimum atomic E-state index is -4.55. The monoisotopic (exact) mass is 404 g/mol. The molecule has 0 aliphatic rings. The Kier molecular flexibility index (Phi) is 6.00. The molecule has 29 heavy (non-hydrogen) atoms. The van der Waals surface area contributed by atoms with E-state index >= 15 is 0 Å². The molecule has 1 heterocycles. The number of nitrogens with zero attached hydrogens (tertiary/aromatic N) is 2. The smallest absolute Gasteiger partial charge is 0.326 e. The zero-order valence-electron chi connectivity index (χ0n) is 15.3. The molecule has 0 aliphatic heterocycles. The van der Waals surface area contributed by atoms with Crippen molar-refractivity contribution in [2.24, 2.45) is 5.73 Å². The summed E-state index contributed by atoms with van der Waals surface area (Å²) in [5.41, 5.74) is 9.10. The van der Waals surface area contributed by atoms with Gasteiger partial charge < -0.3 is 5.73 Å². The number of aromatic nitrogens is 2. The van der Waals surface area contributed by atoms with Crippen LogP contribution >= 0.6 is 0 Å². The van der Waals surface area contributed by atoms with Gasteiger partial charge in [-0.2, -0.15) is 18.3 Å². The van der Waals surface area contributed by atoms with Crippen molar-refractivity contribution < 1.29 is 23.2 Å². The maximum atomic E-state index is 13.2. The highest BCUT2D eigenvalue weighted by atomic mass is 19.4. The number of nitrogens with one attached hydrogen (secondary N) is 1. The molecule has 0 aliphatic carbocycles. The second-order valence-corrected chi connectivity index (χ2v) is 6.42. The molecule has 9 heteroatoms. The summed E-state index contributed by atoms with van der Waals surface area (Å²) in [6.07, 6.45) is -4.13. The van der Waals surface area contributed by atoms with Gasteiger partial charge in [0, 0.05) is 18.7 Å². The number of carbonyl (C=O) groups excluding carboxylic acids is 1. The zero-order chi connectivity index (χ0) is 21.0. The normalized spacial score (nSPS) is 11.5. The van der Waals surface area contributed by atoms with Crippen molar-refractivity contribution in [1.82, 2.24) is 15.3 Å². The van der Waals surface area contributed by atoms with E-state index in [0.717, 1.165) is 17.2 Å². The van der Waals surface area contributed by atoms with Crippen LogP contribution in [0.25, 0.3) is 11.3 Å². The second kappa shape index (κ2) is 8.46. The van der Waals surface area contributed by atoms with Gasteiger partial charge in [0.2, 0.25) is 0 Å². The number of aryl methyl sites for hydroxylation is 2. The molecule has 0 fully saturated rings. The van der Waals surface area contributed by atoms with Crippen molar-refractivity contribution >= 4 is 5.91 Å². The third kappa shape index (κ3) is 4.82. The molecular formula is C20H19F3N4O2. The van der Waals surface area contributed by atoms with Gasteiger partial charge in [-0.1, -0.05) is 36.4 Å². The lowest BCUT2D eigenvalue weighted by Crippen LogP contribution is -2.18. The summed E-state index contributed by atoms with van der Waals surface area (Å²) >= 11 is 0. The Morgan fingerprint density at radius 3 is 2.24 bits per heavy atom. The quantitative estimate of drug-likeness (QED) is 0.434. The van der Waals surface area contributed by atoms with Crippen molar-refractivity contribution in [3.05, 3.63) is 77.0 Å². The number of carbonyl (C=O) groups is 1. The second-order valence-electron chi connectivity index (χ2n) is 6.42. The summed E-state index contributed by atoms with van der Waals surface area (Å²) < 4.78 is 40.9. The maximum absolute atomic E-state index is 13.2. The Morgan fingerprint density at radius 2 is 1.69 bits per heavy atom. The first-order valence-electron chi connectivity index (χ1n) is 8.79. The number of halogens is 3. The zero-order valence-corrected chi connectivity index (χ0v) is 15.3. The molecule has 0 saturated heterocycles. The summed E-state index contributed by atoms with van der Waals surface area (Å²) in [4.78, 5) is 11.4. The van der Waals surface area contributed by atoms with Crippen LogP contribution in [0.15, 0.2) is 54.6 Å². The predicted octanol–water partition coefficient (Wildman–Crippen LogP) is 3.39. The summed E-state index contributed by atoms with van der Waals surface area (Å²) in [5.74, 6) is -0.637. The summed E-state index contributed by atoms with van der Waals surface area (Å²) in [6.45, 7) is 0.563. The number of amides is 1. The van der Waals surface area contributed by atoms with Gasteiger partial charge in [0.1, 0.15) is 0 Å². The average Bonchev–Trinajstić information content (AvgIpc) is 3.17. The van der Waals surface area contributed by atoms with E-state index in [1.807, 2.05) is 0 Å². The Hall–Kier alpha value is -3.17. The number of nitrogens with two attached hydrogens (primary N) is 1. The molecule has 1 aromatic heterocycles. The molecule has 4 N–H and O–H groups in total. The molecule has 0 saturated carbocycles. The molecule has 3 aromatic rings. The van der Waals surface area contributed by atoms with E-state index in [9.17, 15) is 18.0 Å². The molecule has 3 rings (SSSR count). The molecular weight excluding hydrogens is 385 g/mol. The van der Waals surface area contributed by atoms with Crippen LogP contribution in [-0.4, -0.2) is 20.9 Å². The fraction of sp³-hybridized carbons (Fsp3) is 0.200. The number of benzene rings is 2. The number of alkyl halides is 3. The molecule has 0 atom stereocenters. The van der Waals surface area contributed by atoms with Gasteiger partial charge in [0.05, 0.1) is 5.69 Å². The fourth-order valence-electron chi connectivity index (χ4n) is 2.89. The minimum Gasteiger partial charge on any atom is -0.326 e. The standard InChI is InChI=1S/C20H19F3N4O2/c21-20(22,23)18-11-17(15-5-3-14(12-24)4-6-15)27(25-18)10-9-13-1-7-16(8-2-13)19(28)26-29/h1-8,11,29H,9-10,12,24H2,(H,26,28). The Balaban J connectivity index is 1.85. The van der Waals surface area contributed by atoms with E-state index in [2.05, 4.69) is 5.10 Å². The first-order chi connectivity index (χ1) is 13.8. The molecule has 0 unspecified atom stereocenters. The molecule has 6 nitrogen and oxygen atoms in total. The summed E-state index contributed by atoms with van der Waals surface area (Å²) in [5, 5.41) is 12.4. The van der Waals surface area contributed by atoms with Gasteiger partial charge >= 0.3 is 6.18 Å². The van der Waals surface area contributed by atoms with Crippen molar-refractivity contribution in [3.8, 4) is 11.3 Å². The minimum absolute atomic E-state index is 0.218. The van der Waals surface area contributed by atoms with Crippen LogP contribution in [0.1, 0.15) is 27.2 Å². The lowest BCUT2D eigenvalue weighted by atomic mass is 10.1. The number of hydrogen-bond donors (Lipinski definition) is 3. The Bertz CT molecular complexity index is 980. The lowest BCUT2D eigenvalue weighted by Gasteiger charge is -2.09. The van der Waals surface area contributed by atoms with E-state index in [0.29, 0.717) is 24.2 Å². The topological polar surface area (TPSA) is 93.2 Å². The van der Waals surface area contributed by atoms with E-state index in [1.54, 1.807) is 41.9 Å². The third-order valence-electron chi connectivity index (χ3n) is 4.49. The summed E-state index contributed by atoms with van der Waals surface area (Å²) in [7, 11) is 0. The number of hydrogen-bond acceptors (Lipinski definition) is 4. The van der Waals surface area contributed by atoms with Gasteiger partial charge in [-0.3, -0.25) is 14.7 Å². The first-order valence-corrected chi connectivity index (χ1v) is 8.79. The van der Waals surface area contributed by atoms with Gasteiger partial charge in [-0.25, -0.2) is 5.48 Å². The molecule has 0 bridgehead atoms. The largest absolute Gasteiger partial charge is 0.435 e. The van der Waals surface area contributed by atoms with Crippen LogP contribution in [0.4, 0.5) is 13.2 Å². The first kappa shape index (κ1) is 20.6. The highest BCUT2D eigenvalue weighted by Gasteiger charge is 2.35. The number of rotatable bonds is 6. The van der Waals surface area contributed by atoms with E-state index in [-0.39, 0.29) is 12.1 Å². The van der Waals surface area contributed by atoms with Crippen LogP contribution < -0.4 is 11.2 Å². The predicted molar refractivity (Wildman–Crippen MR) is 100.0 cm³/mol.